The highest BCUT2D eigenvalue weighted by Gasteiger charge is 2.38. The zero-order valence-corrected chi connectivity index (χ0v) is 15.0. The van der Waals surface area contributed by atoms with E-state index < -0.39 is 21.9 Å². The van der Waals surface area contributed by atoms with Gasteiger partial charge in [0.1, 0.15) is 17.6 Å². The lowest BCUT2D eigenvalue weighted by Gasteiger charge is -2.34. The highest BCUT2D eigenvalue weighted by molar-refractivity contribution is 7.88. The van der Waals surface area contributed by atoms with Crippen LogP contribution in [0.15, 0.2) is 48.5 Å². The fourth-order valence-electron chi connectivity index (χ4n) is 2.92. The summed E-state index contributed by atoms with van der Waals surface area (Å²) in [5.74, 6) is -0.484. The Labute approximate surface area is 151 Å². The van der Waals surface area contributed by atoms with Crippen LogP contribution in [0.2, 0.25) is 0 Å². The third-order valence-corrected chi connectivity index (χ3v) is 6.03. The lowest BCUT2D eigenvalue weighted by atomic mass is 10.0. The number of methoxy groups -OCH3 is 1. The van der Waals surface area contributed by atoms with Crippen LogP contribution in [0.5, 0.6) is 5.75 Å². The van der Waals surface area contributed by atoms with E-state index in [-0.39, 0.29) is 24.7 Å². The van der Waals surface area contributed by atoms with Crippen molar-refractivity contribution < 1.29 is 22.3 Å². The summed E-state index contributed by atoms with van der Waals surface area (Å²) in [5.41, 5.74) is 1.02. The van der Waals surface area contributed by atoms with E-state index in [1.807, 2.05) is 0 Å². The number of rotatable bonds is 5. The second-order valence-electron chi connectivity index (χ2n) is 5.96. The Bertz CT molecular complexity index is 882. The van der Waals surface area contributed by atoms with E-state index in [4.69, 9.17) is 4.74 Å². The van der Waals surface area contributed by atoms with E-state index >= 15 is 0 Å². The van der Waals surface area contributed by atoms with Crippen molar-refractivity contribution >= 4 is 15.9 Å². The number of nitrogens with one attached hydrogen (secondary N) is 1. The van der Waals surface area contributed by atoms with Crippen LogP contribution < -0.4 is 10.1 Å². The van der Waals surface area contributed by atoms with Crippen LogP contribution in [0.25, 0.3) is 0 Å². The van der Waals surface area contributed by atoms with Crippen molar-refractivity contribution in [3.63, 3.8) is 0 Å². The van der Waals surface area contributed by atoms with Gasteiger partial charge in [0.2, 0.25) is 15.9 Å². The number of carbonyl (C=O) groups excluding carboxylic acids is 1. The first-order valence-corrected chi connectivity index (χ1v) is 9.67. The molecule has 1 saturated heterocycles. The molecular formula is C18H19FN2O4S. The van der Waals surface area contributed by atoms with Crippen molar-refractivity contribution in [2.24, 2.45) is 0 Å². The van der Waals surface area contributed by atoms with Crippen LogP contribution in [0.1, 0.15) is 17.2 Å². The molecule has 1 unspecified atom stereocenters. The molecule has 138 valence electrons. The number of halogens is 1. The van der Waals surface area contributed by atoms with Crippen molar-refractivity contribution in [3.8, 4) is 5.75 Å². The quantitative estimate of drug-likeness (QED) is 0.861. The molecule has 0 aromatic heterocycles. The van der Waals surface area contributed by atoms with Crippen molar-refractivity contribution in [2.45, 2.75) is 11.8 Å². The molecule has 1 fully saturated rings. The number of amides is 1. The number of ether oxygens (including phenoxy) is 1. The predicted octanol–water partition coefficient (Wildman–Crippen LogP) is 1.84. The SMILES string of the molecule is COc1ccc(C2C(=O)NCCN2S(=O)(=O)Cc2ccc(F)cc2)cc1. The van der Waals surface area contributed by atoms with Crippen molar-refractivity contribution in [1.29, 1.82) is 0 Å². The van der Waals surface area contributed by atoms with Gasteiger partial charge < -0.3 is 10.1 Å². The van der Waals surface area contributed by atoms with E-state index in [9.17, 15) is 17.6 Å². The molecule has 0 aliphatic carbocycles. The molecule has 1 aliphatic heterocycles. The van der Waals surface area contributed by atoms with E-state index in [2.05, 4.69) is 5.32 Å². The van der Waals surface area contributed by atoms with Crippen molar-refractivity contribution in [2.75, 3.05) is 20.2 Å². The molecule has 8 heteroatoms. The molecule has 1 atom stereocenters. The average Bonchev–Trinajstić information content (AvgIpc) is 2.63. The zero-order valence-electron chi connectivity index (χ0n) is 14.2. The van der Waals surface area contributed by atoms with Crippen LogP contribution in [0.3, 0.4) is 0 Å². The van der Waals surface area contributed by atoms with Crippen LogP contribution in [-0.4, -0.2) is 38.8 Å². The van der Waals surface area contributed by atoms with Gasteiger partial charge in [-0.05, 0) is 35.4 Å². The standard InChI is InChI=1S/C18H19FN2O4S/c1-25-16-8-4-14(5-9-16)17-18(22)20-10-11-21(17)26(23,24)12-13-2-6-15(19)7-3-13/h2-9,17H,10-12H2,1H3,(H,20,22). The van der Waals surface area contributed by atoms with Gasteiger partial charge in [-0.3, -0.25) is 4.79 Å². The molecular weight excluding hydrogens is 359 g/mol. The molecule has 1 heterocycles. The second kappa shape index (κ2) is 7.43. The van der Waals surface area contributed by atoms with Crippen molar-refractivity contribution in [1.82, 2.24) is 9.62 Å². The summed E-state index contributed by atoms with van der Waals surface area (Å²) in [4.78, 5) is 12.4. The third-order valence-electron chi connectivity index (χ3n) is 4.22. The maximum Gasteiger partial charge on any atom is 0.243 e. The monoisotopic (exact) mass is 378 g/mol. The number of hydrogen-bond acceptors (Lipinski definition) is 4. The highest BCUT2D eigenvalue weighted by Crippen LogP contribution is 2.29. The Balaban J connectivity index is 1.91. The fourth-order valence-corrected chi connectivity index (χ4v) is 4.61. The zero-order chi connectivity index (χ0) is 18.7. The van der Waals surface area contributed by atoms with E-state index in [1.165, 1.54) is 35.7 Å². The molecule has 26 heavy (non-hydrogen) atoms. The predicted molar refractivity (Wildman–Crippen MR) is 94.5 cm³/mol. The second-order valence-corrected chi connectivity index (χ2v) is 7.88. The summed E-state index contributed by atoms with van der Waals surface area (Å²) in [6.07, 6.45) is 0. The van der Waals surface area contributed by atoms with E-state index in [0.717, 1.165) is 0 Å². The minimum Gasteiger partial charge on any atom is -0.497 e. The molecule has 1 aliphatic rings. The Hall–Kier alpha value is -2.45. The largest absolute Gasteiger partial charge is 0.497 e. The minimum atomic E-state index is -3.78. The highest BCUT2D eigenvalue weighted by atomic mass is 32.2. The van der Waals surface area contributed by atoms with Crippen LogP contribution in [0.4, 0.5) is 4.39 Å². The Morgan fingerprint density at radius 1 is 1.15 bits per heavy atom. The normalized spacial score (nSPS) is 18.4. The van der Waals surface area contributed by atoms with Crippen LogP contribution in [0, 0.1) is 5.82 Å². The molecule has 0 radical (unpaired) electrons. The van der Waals surface area contributed by atoms with Gasteiger partial charge in [-0.1, -0.05) is 24.3 Å². The van der Waals surface area contributed by atoms with Crippen LogP contribution in [-0.2, 0) is 20.6 Å². The van der Waals surface area contributed by atoms with E-state index in [1.54, 1.807) is 24.3 Å². The van der Waals surface area contributed by atoms with Gasteiger partial charge in [-0.25, -0.2) is 12.8 Å². The average molecular weight is 378 g/mol. The Morgan fingerprint density at radius 2 is 1.81 bits per heavy atom. The molecule has 0 bridgehead atoms. The number of sulfonamides is 1. The van der Waals surface area contributed by atoms with Gasteiger partial charge in [-0.15, -0.1) is 0 Å². The Morgan fingerprint density at radius 3 is 2.42 bits per heavy atom. The number of piperazine rings is 1. The summed E-state index contributed by atoms with van der Waals surface area (Å²) in [7, 11) is -2.25. The maximum absolute atomic E-state index is 13.0. The molecule has 6 nitrogen and oxygen atoms in total. The van der Waals surface area contributed by atoms with Gasteiger partial charge in [0, 0.05) is 13.1 Å². The molecule has 1 amide bonds. The topological polar surface area (TPSA) is 75.7 Å². The first kappa shape index (κ1) is 18.3. The van der Waals surface area contributed by atoms with Gasteiger partial charge >= 0.3 is 0 Å². The number of hydrogen-bond donors (Lipinski definition) is 1. The lowest BCUT2D eigenvalue weighted by molar-refractivity contribution is -0.126. The number of benzene rings is 2. The van der Waals surface area contributed by atoms with Gasteiger partial charge in [-0.2, -0.15) is 4.31 Å². The molecule has 0 spiro atoms. The van der Waals surface area contributed by atoms with Gasteiger partial charge in [0.15, 0.2) is 0 Å². The van der Waals surface area contributed by atoms with Gasteiger partial charge in [0.05, 0.1) is 12.9 Å². The van der Waals surface area contributed by atoms with Crippen LogP contribution >= 0.6 is 0 Å². The van der Waals surface area contributed by atoms with Crippen molar-refractivity contribution in [3.05, 3.63) is 65.5 Å². The van der Waals surface area contributed by atoms with E-state index in [0.29, 0.717) is 16.9 Å². The molecule has 1 N–H and O–H groups in total. The minimum absolute atomic E-state index is 0.173. The summed E-state index contributed by atoms with van der Waals surface area (Å²) in [6.45, 7) is 0.417. The molecule has 2 aromatic rings. The summed E-state index contributed by atoms with van der Waals surface area (Å²) in [5, 5.41) is 2.71. The molecule has 0 saturated carbocycles. The molecule has 3 rings (SSSR count). The Kier molecular flexibility index (Phi) is 5.24. The van der Waals surface area contributed by atoms with Gasteiger partial charge in [0.25, 0.3) is 0 Å². The molecule has 2 aromatic carbocycles. The summed E-state index contributed by atoms with van der Waals surface area (Å²) in [6, 6.07) is 11.1. The number of carbonyl (C=O) groups is 1. The first-order chi connectivity index (χ1) is 12.4. The number of nitrogens with zero attached hydrogens (tertiary/aromatic N) is 1. The summed E-state index contributed by atoms with van der Waals surface area (Å²) >= 11 is 0. The fraction of sp³-hybridized carbons (Fsp3) is 0.278. The summed E-state index contributed by atoms with van der Waals surface area (Å²) < 4.78 is 45.2. The first-order valence-electron chi connectivity index (χ1n) is 8.06. The maximum atomic E-state index is 13.0. The smallest absolute Gasteiger partial charge is 0.243 e. The third kappa shape index (κ3) is 3.86. The lowest BCUT2D eigenvalue weighted by Crippen LogP contribution is -2.52.